The minimum atomic E-state index is -0.925. The fourth-order valence-corrected chi connectivity index (χ4v) is 2.36. The van der Waals surface area contributed by atoms with Crippen LogP contribution in [0.3, 0.4) is 0 Å². The van der Waals surface area contributed by atoms with Gasteiger partial charge in [-0.3, -0.25) is 0 Å². The molecule has 1 N–H and O–H groups in total. The Morgan fingerprint density at radius 1 is 1.35 bits per heavy atom. The molecule has 0 bridgehead atoms. The van der Waals surface area contributed by atoms with Gasteiger partial charge in [0.2, 0.25) is 0 Å². The van der Waals surface area contributed by atoms with Crippen LogP contribution in [0.4, 0.5) is 0 Å². The molecule has 0 aliphatic rings. The molecule has 4 nitrogen and oxygen atoms in total. The van der Waals surface area contributed by atoms with Crippen LogP contribution in [0.5, 0.6) is 0 Å². The van der Waals surface area contributed by atoms with E-state index < -0.39 is 5.97 Å². The average molecular weight is 293 g/mol. The predicted molar refractivity (Wildman–Crippen MR) is 79.0 cm³/mol. The molecule has 2 rings (SSSR count). The quantitative estimate of drug-likeness (QED) is 0.929. The van der Waals surface area contributed by atoms with Gasteiger partial charge in [0.25, 0.3) is 0 Å². The van der Waals surface area contributed by atoms with Crippen LogP contribution in [0.2, 0.25) is 5.02 Å². The van der Waals surface area contributed by atoms with Crippen molar-refractivity contribution in [1.29, 1.82) is 0 Å². The third kappa shape index (κ3) is 2.56. The molecule has 0 saturated heterocycles. The number of nitrogens with zero attached hydrogens (tertiary/aromatic N) is 2. The second-order valence-corrected chi connectivity index (χ2v) is 5.34. The van der Waals surface area contributed by atoms with Gasteiger partial charge in [-0.05, 0) is 36.6 Å². The molecule has 0 aliphatic carbocycles. The van der Waals surface area contributed by atoms with Gasteiger partial charge in [0.1, 0.15) is 5.56 Å². The second-order valence-electron chi connectivity index (χ2n) is 4.91. The number of aromatic carboxylic acids is 1. The lowest BCUT2D eigenvalue weighted by Gasteiger charge is -2.06. The zero-order chi connectivity index (χ0) is 14.9. The fourth-order valence-electron chi connectivity index (χ4n) is 2.23. The fraction of sp³-hybridized carbons (Fsp3) is 0.333. The van der Waals surface area contributed by atoms with Crippen LogP contribution in [-0.2, 0) is 6.42 Å². The van der Waals surface area contributed by atoms with Gasteiger partial charge in [0.15, 0.2) is 0 Å². The summed E-state index contributed by atoms with van der Waals surface area (Å²) in [6.07, 6.45) is 0.601. The number of halogens is 1. The summed E-state index contributed by atoms with van der Waals surface area (Å²) in [5, 5.41) is 14.6. The lowest BCUT2D eigenvalue weighted by Crippen LogP contribution is -2.06. The van der Waals surface area contributed by atoms with Gasteiger partial charge < -0.3 is 5.11 Å². The maximum Gasteiger partial charge on any atom is 0.339 e. The number of hydrogen-bond donors (Lipinski definition) is 1. The summed E-state index contributed by atoms with van der Waals surface area (Å²) in [7, 11) is 0. The molecular formula is C15H17ClN2O2. The van der Waals surface area contributed by atoms with Crippen molar-refractivity contribution in [3.63, 3.8) is 0 Å². The van der Waals surface area contributed by atoms with Crippen molar-refractivity contribution in [1.82, 2.24) is 9.78 Å². The van der Waals surface area contributed by atoms with E-state index >= 15 is 0 Å². The van der Waals surface area contributed by atoms with E-state index in [4.69, 9.17) is 11.6 Å². The molecule has 106 valence electrons. The highest BCUT2D eigenvalue weighted by molar-refractivity contribution is 6.30. The first-order valence-corrected chi connectivity index (χ1v) is 6.94. The van der Waals surface area contributed by atoms with Crippen molar-refractivity contribution in [3.8, 4) is 5.69 Å². The standard InChI is InChI=1S/C15H17ClN2O2/c1-4-12-13(15(19)20)14(9(2)3)17-18(12)11-7-5-10(16)6-8-11/h5-9H,4H2,1-3H3,(H,19,20). The SMILES string of the molecule is CCc1c(C(=O)O)c(C(C)C)nn1-c1ccc(Cl)cc1. The highest BCUT2D eigenvalue weighted by Crippen LogP contribution is 2.25. The van der Waals surface area contributed by atoms with Gasteiger partial charge in [-0.25, -0.2) is 9.48 Å². The summed E-state index contributed by atoms with van der Waals surface area (Å²) in [5.74, 6) is -0.870. The van der Waals surface area contributed by atoms with E-state index in [0.717, 1.165) is 5.69 Å². The monoisotopic (exact) mass is 292 g/mol. The largest absolute Gasteiger partial charge is 0.478 e. The van der Waals surface area contributed by atoms with Gasteiger partial charge in [-0.2, -0.15) is 5.10 Å². The molecule has 0 fully saturated rings. The normalized spacial score (nSPS) is 11.1. The molecule has 0 spiro atoms. The minimum Gasteiger partial charge on any atom is -0.478 e. The Balaban J connectivity index is 2.67. The molecule has 0 atom stereocenters. The van der Waals surface area contributed by atoms with Crippen LogP contribution in [0, 0.1) is 0 Å². The Morgan fingerprint density at radius 2 is 1.95 bits per heavy atom. The van der Waals surface area contributed by atoms with E-state index in [1.54, 1.807) is 16.8 Å². The van der Waals surface area contributed by atoms with Gasteiger partial charge in [0.05, 0.1) is 17.1 Å². The van der Waals surface area contributed by atoms with Gasteiger partial charge in [0, 0.05) is 5.02 Å². The Morgan fingerprint density at radius 3 is 2.40 bits per heavy atom. The minimum absolute atomic E-state index is 0.0555. The Kier molecular flexibility index (Phi) is 4.14. The van der Waals surface area contributed by atoms with Crippen LogP contribution < -0.4 is 0 Å². The van der Waals surface area contributed by atoms with Crippen molar-refractivity contribution in [2.45, 2.75) is 33.1 Å². The first-order chi connectivity index (χ1) is 9.45. The molecule has 5 heteroatoms. The smallest absolute Gasteiger partial charge is 0.339 e. The maximum absolute atomic E-state index is 11.5. The van der Waals surface area contributed by atoms with Crippen molar-refractivity contribution < 1.29 is 9.90 Å². The summed E-state index contributed by atoms with van der Waals surface area (Å²) < 4.78 is 1.70. The van der Waals surface area contributed by atoms with E-state index in [-0.39, 0.29) is 5.92 Å². The number of rotatable bonds is 4. The van der Waals surface area contributed by atoms with Crippen LogP contribution in [-0.4, -0.2) is 20.9 Å². The molecular weight excluding hydrogens is 276 g/mol. The molecule has 0 aliphatic heterocycles. The predicted octanol–water partition coefficient (Wildman–Crippen LogP) is 3.91. The molecule has 1 aromatic carbocycles. The summed E-state index contributed by atoms with van der Waals surface area (Å²) in [6, 6.07) is 7.22. The molecule has 0 unspecified atom stereocenters. The number of carboxylic acid groups (broad SMARTS) is 1. The lowest BCUT2D eigenvalue weighted by molar-refractivity contribution is 0.0694. The number of benzene rings is 1. The molecule has 1 heterocycles. The first-order valence-electron chi connectivity index (χ1n) is 6.56. The van der Waals surface area contributed by atoms with Crippen LogP contribution in [0.1, 0.15) is 48.4 Å². The molecule has 1 aromatic heterocycles. The molecule has 0 amide bonds. The van der Waals surface area contributed by atoms with Gasteiger partial charge in [-0.15, -0.1) is 0 Å². The van der Waals surface area contributed by atoms with Crippen molar-refractivity contribution in [3.05, 3.63) is 46.2 Å². The highest BCUT2D eigenvalue weighted by atomic mass is 35.5. The number of hydrogen-bond acceptors (Lipinski definition) is 2. The van der Waals surface area contributed by atoms with E-state index in [0.29, 0.717) is 28.4 Å². The van der Waals surface area contributed by atoms with Gasteiger partial charge >= 0.3 is 5.97 Å². The Bertz CT molecular complexity index is 630. The topological polar surface area (TPSA) is 55.1 Å². The molecule has 2 aromatic rings. The second kappa shape index (κ2) is 5.67. The third-order valence-corrected chi connectivity index (χ3v) is 3.43. The summed E-state index contributed by atoms with van der Waals surface area (Å²) in [4.78, 5) is 11.5. The summed E-state index contributed by atoms with van der Waals surface area (Å²) >= 11 is 5.89. The number of aromatic nitrogens is 2. The van der Waals surface area contributed by atoms with Crippen LogP contribution in [0.25, 0.3) is 5.69 Å². The average Bonchev–Trinajstić information content (AvgIpc) is 2.79. The zero-order valence-corrected chi connectivity index (χ0v) is 12.5. The first kappa shape index (κ1) is 14.6. The molecule has 20 heavy (non-hydrogen) atoms. The van der Waals surface area contributed by atoms with E-state index in [1.165, 1.54) is 0 Å². The number of carboxylic acids is 1. The number of carbonyl (C=O) groups is 1. The van der Waals surface area contributed by atoms with Crippen molar-refractivity contribution in [2.24, 2.45) is 0 Å². The van der Waals surface area contributed by atoms with E-state index in [2.05, 4.69) is 5.10 Å². The third-order valence-electron chi connectivity index (χ3n) is 3.17. The van der Waals surface area contributed by atoms with Crippen LogP contribution in [0.15, 0.2) is 24.3 Å². The van der Waals surface area contributed by atoms with E-state index in [1.807, 2.05) is 32.9 Å². The highest BCUT2D eigenvalue weighted by Gasteiger charge is 2.24. The Labute approximate surface area is 123 Å². The van der Waals surface area contributed by atoms with Crippen molar-refractivity contribution >= 4 is 17.6 Å². The van der Waals surface area contributed by atoms with Gasteiger partial charge in [-0.1, -0.05) is 32.4 Å². The maximum atomic E-state index is 11.5. The zero-order valence-electron chi connectivity index (χ0n) is 11.7. The lowest BCUT2D eigenvalue weighted by atomic mass is 10.0. The Hall–Kier alpha value is -1.81. The van der Waals surface area contributed by atoms with Crippen molar-refractivity contribution in [2.75, 3.05) is 0 Å². The van der Waals surface area contributed by atoms with Crippen LogP contribution >= 0.6 is 11.6 Å². The molecule has 0 saturated carbocycles. The van der Waals surface area contributed by atoms with E-state index in [9.17, 15) is 9.90 Å². The summed E-state index contributed by atoms with van der Waals surface area (Å²) in [5.41, 5.74) is 2.46. The molecule has 0 radical (unpaired) electrons. The summed E-state index contributed by atoms with van der Waals surface area (Å²) in [6.45, 7) is 5.82.